The zero-order chi connectivity index (χ0) is 21.8. The summed E-state index contributed by atoms with van der Waals surface area (Å²) < 4.78 is 4.82. The second-order valence-electron chi connectivity index (χ2n) is 8.03. The summed E-state index contributed by atoms with van der Waals surface area (Å²) >= 11 is 0. The average Bonchev–Trinajstić information content (AvgIpc) is 3.07. The highest BCUT2D eigenvalue weighted by molar-refractivity contribution is 6.07. The van der Waals surface area contributed by atoms with Gasteiger partial charge in [0.15, 0.2) is 5.78 Å². The quantitative estimate of drug-likeness (QED) is 0.563. The van der Waals surface area contributed by atoms with Crippen LogP contribution in [0.1, 0.15) is 81.5 Å². The number of benzene rings is 1. The van der Waals surface area contributed by atoms with Gasteiger partial charge in [-0.15, -0.1) is 0 Å². The first-order valence-corrected chi connectivity index (χ1v) is 10.6. The summed E-state index contributed by atoms with van der Waals surface area (Å²) in [6, 6.07) is 8.51. The highest BCUT2D eigenvalue weighted by Crippen LogP contribution is 2.29. The smallest absolute Gasteiger partial charge is 0.354 e. The fraction of sp³-hybridized carbons (Fsp3) is 0.458. The second kappa shape index (κ2) is 9.28. The van der Waals surface area contributed by atoms with Crippen LogP contribution in [0.2, 0.25) is 0 Å². The molecular formula is C24H30N2O4. The summed E-state index contributed by atoms with van der Waals surface area (Å²) in [5, 5.41) is 0. The Hall–Kier alpha value is -2.89. The third kappa shape index (κ3) is 4.18. The minimum Gasteiger partial charge on any atom is -0.464 e. The van der Waals surface area contributed by atoms with Crippen LogP contribution in [0.4, 0.5) is 0 Å². The minimum absolute atomic E-state index is 0.0324. The molecule has 1 atom stereocenters. The van der Waals surface area contributed by atoms with Gasteiger partial charge in [-0.25, -0.2) is 4.79 Å². The fourth-order valence-corrected chi connectivity index (χ4v) is 4.51. The Bertz CT molecular complexity index is 926. The van der Waals surface area contributed by atoms with Crippen molar-refractivity contribution in [1.82, 2.24) is 9.88 Å². The molecule has 0 saturated heterocycles. The predicted molar refractivity (Wildman–Crippen MR) is 115 cm³/mol. The van der Waals surface area contributed by atoms with Crippen molar-refractivity contribution < 1.29 is 19.1 Å². The SMILES string of the molecule is COC(=O)c1[nH]c(C)c(C(=O)C(C)N(C(=O)c2ccccc2)C2CCCCC2)c1C. The summed E-state index contributed by atoms with van der Waals surface area (Å²) in [4.78, 5) is 43.8. The van der Waals surface area contributed by atoms with Crippen molar-refractivity contribution in [3.8, 4) is 0 Å². The molecule has 0 spiro atoms. The van der Waals surface area contributed by atoms with E-state index in [1.807, 2.05) is 18.2 Å². The number of ether oxygens (including phenoxy) is 1. The van der Waals surface area contributed by atoms with E-state index in [1.165, 1.54) is 7.11 Å². The Morgan fingerprint density at radius 1 is 1.07 bits per heavy atom. The molecule has 6 heteroatoms. The lowest BCUT2D eigenvalue weighted by Crippen LogP contribution is -2.50. The molecule has 160 valence electrons. The fourth-order valence-electron chi connectivity index (χ4n) is 4.51. The molecule has 30 heavy (non-hydrogen) atoms. The van der Waals surface area contributed by atoms with Crippen LogP contribution in [0.5, 0.6) is 0 Å². The van der Waals surface area contributed by atoms with Gasteiger partial charge in [0.1, 0.15) is 5.69 Å². The van der Waals surface area contributed by atoms with Gasteiger partial charge >= 0.3 is 5.97 Å². The number of H-pyrrole nitrogens is 1. The maximum atomic E-state index is 13.6. The summed E-state index contributed by atoms with van der Waals surface area (Å²) in [6.07, 6.45) is 5.06. The number of Topliss-reactive ketones (excluding diaryl/α,β-unsaturated/α-hetero) is 1. The predicted octanol–water partition coefficient (Wildman–Crippen LogP) is 4.46. The zero-order valence-electron chi connectivity index (χ0n) is 18.2. The number of hydrogen-bond acceptors (Lipinski definition) is 4. The minimum atomic E-state index is -0.639. The number of rotatable bonds is 6. The number of methoxy groups -OCH3 is 1. The van der Waals surface area contributed by atoms with Crippen molar-refractivity contribution in [3.63, 3.8) is 0 Å². The molecular weight excluding hydrogens is 380 g/mol. The number of nitrogens with zero attached hydrogens (tertiary/aromatic N) is 1. The lowest BCUT2D eigenvalue weighted by Gasteiger charge is -2.38. The Labute approximate surface area is 177 Å². The molecule has 1 aliphatic carbocycles. The second-order valence-corrected chi connectivity index (χ2v) is 8.03. The molecule has 1 amide bonds. The van der Waals surface area contributed by atoms with Crippen LogP contribution in [-0.2, 0) is 4.74 Å². The third-order valence-corrected chi connectivity index (χ3v) is 6.09. The number of hydrogen-bond donors (Lipinski definition) is 1. The van der Waals surface area contributed by atoms with Gasteiger partial charge in [0, 0.05) is 22.9 Å². The number of ketones is 1. The van der Waals surface area contributed by atoms with Crippen molar-refractivity contribution in [1.29, 1.82) is 0 Å². The first-order chi connectivity index (χ1) is 14.4. The Kier molecular flexibility index (Phi) is 6.75. The third-order valence-electron chi connectivity index (χ3n) is 6.09. The summed E-state index contributed by atoms with van der Waals surface area (Å²) in [6.45, 7) is 5.30. The molecule has 1 aromatic carbocycles. The number of nitrogens with one attached hydrogen (secondary N) is 1. The number of carbonyl (C=O) groups is 3. The van der Waals surface area contributed by atoms with Crippen LogP contribution in [0.15, 0.2) is 30.3 Å². The standard InChI is InChI=1S/C24H30N2O4/c1-15-20(16(2)25-21(15)24(29)30-4)22(27)17(3)26(19-13-9-6-10-14-19)23(28)18-11-7-5-8-12-18/h5,7-8,11-12,17,19,25H,6,9-10,13-14H2,1-4H3. The summed E-state index contributed by atoms with van der Waals surface area (Å²) in [5.74, 6) is -0.791. The van der Waals surface area contributed by atoms with Gasteiger partial charge in [-0.2, -0.15) is 0 Å². The van der Waals surface area contributed by atoms with Crippen molar-refractivity contribution in [2.75, 3.05) is 7.11 Å². The van der Waals surface area contributed by atoms with Crippen molar-refractivity contribution in [3.05, 3.63) is 58.4 Å². The van der Waals surface area contributed by atoms with E-state index >= 15 is 0 Å². The van der Waals surface area contributed by atoms with E-state index in [9.17, 15) is 14.4 Å². The summed E-state index contributed by atoms with van der Waals surface area (Å²) in [5.41, 5.74) is 2.50. The number of carbonyl (C=O) groups excluding carboxylic acids is 3. The molecule has 1 N–H and O–H groups in total. The Balaban J connectivity index is 1.97. The maximum absolute atomic E-state index is 13.6. The van der Waals surface area contributed by atoms with E-state index in [4.69, 9.17) is 4.74 Å². The van der Waals surface area contributed by atoms with Crippen LogP contribution < -0.4 is 0 Å². The number of aromatic amines is 1. The average molecular weight is 411 g/mol. The molecule has 0 bridgehead atoms. The van der Waals surface area contributed by atoms with Crippen molar-refractivity contribution >= 4 is 17.7 Å². The number of aryl methyl sites for hydroxylation is 1. The zero-order valence-corrected chi connectivity index (χ0v) is 18.2. The molecule has 1 aromatic heterocycles. The summed E-state index contributed by atoms with van der Waals surface area (Å²) in [7, 11) is 1.31. The van der Waals surface area contributed by atoms with Crippen LogP contribution in [0.3, 0.4) is 0 Å². The highest BCUT2D eigenvalue weighted by atomic mass is 16.5. The van der Waals surface area contributed by atoms with Gasteiger partial charge in [0.2, 0.25) is 0 Å². The van der Waals surface area contributed by atoms with Gasteiger partial charge in [-0.3, -0.25) is 9.59 Å². The highest BCUT2D eigenvalue weighted by Gasteiger charge is 2.36. The monoisotopic (exact) mass is 410 g/mol. The molecule has 3 rings (SSSR count). The molecule has 1 aliphatic rings. The van der Waals surface area contributed by atoms with Crippen LogP contribution >= 0.6 is 0 Å². The normalized spacial score (nSPS) is 15.5. The molecule has 2 aromatic rings. The Morgan fingerprint density at radius 3 is 2.30 bits per heavy atom. The lowest BCUT2D eigenvalue weighted by atomic mass is 9.90. The number of amides is 1. The van der Waals surface area contributed by atoms with Crippen LogP contribution in [0.25, 0.3) is 0 Å². The molecule has 1 heterocycles. The van der Waals surface area contributed by atoms with Gasteiger partial charge in [-0.05, 0) is 51.3 Å². The lowest BCUT2D eigenvalue weighted by molar-refractivity contribution is 0.0486. The molecule has 1 fully saturated rings. The number of aromatic nitrogens is 1. The van der Waals surface area contributed by atoms with Crippen LogP contribution in [0, 0.1) is 13.8 Å². The van der Waals surface area contributed by atoms with E-state index in [1.54, 1.807) is 37.8 Å². The Morgan fingerprint density at radius 2 is 1.70 bits per heavy atom. The van der Waals surface area contributed by atoms with Crippen molar-refractivity contribution in [2.45, 2.75) is 65.0 Å². The van der Waals surface area contributed by atoms with Gasteiger partial charge in [0.25, 0.3) is 5.91 Å². The van der Waals surface area contributed by atoms with Gasteiger partial charge in [0.05, 0.1) is 13.2 Å². The van der Waals surface area contributed by atoms with E-state index in [0.29, 0.717) is 22.4 Å². The topological polar surface area (TPSA) is 79.5 Å². The van der Waals surface area contributed by atoms with E-state index < -0.39 is 12.0 Å². The van der Waals surface area contributed by atoms with Gasteiger partial charge in [-0.1, -0.05) is 37.5 Å². The first kappa shape index (κ1) is 21.8. The van der Waals surface area contributed by atoms with Gasteiger partial charge < -0.3 is 14.6 Å². The van der Waals surface area contributed by atoms with E-state index in [0.717, 1.165) is 32.1 Å². The maximum Gasteiger partial charge on any atom is 0.354 e. The molecule has 1 saturated carbocycles. The van der Waals surface area contributed by atoms with Crippen molar-refractivity contribution in [2.24, 2.45) is 0 Å². The molecule has 1 unspecified atom stereocenters. The molecule has 6 nitrogen and oxygen atoms in total. The molecule has 0 aliphatic heterocycles. The van der Waals surface area contributed by atoms with E-state index in [2.05, 4.69) is 4.98 Å². The number of esters is 1. The van der Waals surface area contributed by atoms with Crippen LogP contribution in [-0.4, -0.2) is 46.7 Å². The largest absolute Gasteiger partial charge is 0.464 e. The first-order valence-electron chi connectivity index (χ1n) is 10.6. The van der Waals surface area contributed by atoms with E-state index in [-0.39, 0.29) is 23.4 Å². The molecule has 0 radical (unpaired) electrons.